The summed E-state index contributed by atoms with van der Waals surface area (Å²) in [6.07, 6.45) is -1.57. The molecule has 1 N–H and O–H groups in total. The molecule has 0 aliphatic heterocycles. The van der Waals surface area contributed by atoms with Crippen LogP contribution in [-0.4, -0.2) is 24.3 Å². The van der Waals surface area contributed by atoms with Gasteiger partial charge in [0, 0.05) is 19.1 Å². The van der Waals surface area contributed by atoms with Gasteiger partial charge in [-0.2, -0.15) is 0 Å². The minimum Gasteiger partial charge on any atom is -0.479 e. The number of carboxylic acid groups (broad SMARTS) is 1. The van der Waals surface area contributed by atoms with E-state index in [9.17, 15) is 13.6 Å². The zero-order valence-corrected chi connectivity index (χ0v) is 8.96. The van der Waals surface area contributed by atoms with Gasteiger partial charge in [-0.05, 0) is 18.6 Å². The van der Waals surface area contributed by atoms with E-state index in [1.165, 1.54) is 20.1 Å². The fourth-order valence-corrected chi connectivity index (χ4v) is 1.36. The molecule has 1 aromatic carbocycles. The van der Waals surface area contributed by atoms with Crippen molar-refractivity contribution in [1.29, 1.82) is 0 Å². The molecule has 1 aromatic rings. The highest BCUT2D eigenvalue weighted by atomic mass is 19.1. The van der Waals surface area contributed by atoms with Gasteiger partial charge in [0.2, 0.25) is 0 Å². The van der Waals surface area contributed by atoms with E-state index in [4.69, 9.17) is 5.11 Å². The molecule has 1 rings (SSSR count). The summed E-state index contributed by atoms with van der Waals surface area (Å²) in [4.78, 5) is 10.7. The van der Waals surface area contributed by atoms with Crippen LogP contribution in [0, 0.1) is 18.6 Å². The number of aryl methyl sites for hydroxylation is 1. The number of ether oxygens (including phenoxy) is 1. The first-order chi connectivity index (χ1) is 7.47. The Morgan fingerprint density at radius 2 is 2.12 bits per heavy atom. The van der Waals surface area contributed by atoms with Gasteiger partial charge in [-0.25, -0.2) is 13.6 Å². The number of hydrogen-bond donors (Lipinski definition) is 1. The van der Waals surface area contributed by atoms with Crippen LogP contribution in [-0.2, 0) is 16.0 Å². The Bertz CT molecular complexity index is 404. The van der Waals surface area contributed by atoms with E-state index in [-0.39, 0.29) is 17.5 Å². The summed E-state index contributed by atoms with van der Waals surface area (Å²) >= 11 is 0. The van der Waals surface area contributed by atoms with E-state index in [1.54, 1.807) is 0 Å². The van der Waals surface area contributed by atoms with Crippen molar-refractivity contribution < 1.29 is 23.4 Å². The molecule has 0 radical (unpaired) electrons. The summed E-state index contributed by atoms with van der Waals surface area (Å²) in [7, 11) is 1.18. The number of rotatable bonds is 4. The van der Waals surface area contributed by atoms with Crippen LogP contribution in [0.25, 0.3) is 0 Å². The van der Waals surface area contributed by atoms with Crippen molar-refractivity contribution in [3.63, 3.8) is 0 Å². The second-order valence-electron chi connectivity index (χ2n) is 3.42. The lowest BCUT2D eigenvalue weighted by molar-refractivity contribution is -0.148. The van der Waals surface area contributed by atoms with E-state index in [2.05, 4.69) is 4.74 Å². The Morgan fingerprint density at radius 1 is 1.50 bits per heavy atom. The van der Waals surface area contributed by atoms with Crippen LogP contribution in [0.1, 0.15) is 11.1 Å². The highest BCUT2D eigenvalue weighted by Crippen LogP contribution is 2.18. The lowest BCUT2D eigenvalue weighted by atomic mass is 10.0. The summed E-state index contributed by atoms with van der Waals surface area (Å²) in [6, 6.07) is 2.42. The van der Waals surface area contributed by atoms with Crippen LogP contribution in [0.5, 0.6) is 0 Å². The van der Waals surface area contributed by atoms with Gasteiger partial charge in [0.05, 0.1) is 0 Å². The van der Waals surface area contributed by atoms with Crippen LogP contribution in [0.15, 0.2) is 12.1 Å². The molecule has 1 atom stereocenters. The summed E-state index contributed by atoms with van der Waals surface area (Å²) < 4.78 is 31.5. The molecular weight excluding hydrogens is 218 g/mol. The van der Waals surface area contributed by atoms with E-state index < -0.39 is 23.7 Å². The first kappa shape index (κ1) is 12.6. The summed E-state index contributed by atoms with van der Waals surface area (Å²) in [5.74, 6) is -2.72. The van der Waals surface area contributed by atoms with E-state index in [0.717, 1.165) is 6.07 Å². The molecule has 0 aliphatic carbocycles. The third-order valence-corrected chi connectivity index (χ3v) is 2.33. The number of carboxylic acids is 1. The quantitative estimate of drug-likeness (QED) is 0.859. The Kier molecular flexibility index (Phi) is 3.95. The number of halogens is 2. The molecule has 0 aliphatic rings. The van der Waals surface area contributed by atoms with Gasteiger partial charge in [-0.15, -0.1) is 0 Å². The zero-order valence-electron chi connectivity index (χ0n) is 8.96. The molecule has 5 heteroatoms. The predicted octanol–water partition coefficient (Wildman–Crippen LogP) is 1.92. The Labute approximate surface area is 91.7 Å². The molecule has 0 heterocycles. The van der Waals surface area contributed by atoms with Crippen LogP contribution in [0.2, 0.25) is 0 Å². The van der Waals surface area contributed by atoms with Crippen molar-refractivity contribution in [3.05, 3.63) is 34.9 Å². The van der Waals surface area contributed by atoms with Gasteiger partial charge in [0.15, 0.2) is 6.10 Å². The van der Waals surface area contributed by atoms with Crippen LogP contribution >= 0.6 is 0 Å². The maximum absolute atomic E-state index is 13.5. The van der Waals surface area contributed by atoms with Gasteiger partial charge in [0.1, 0.15) is 11.6 Å². The largest absolute Gasteiger partial charge is 0.479 e. The van der Waals surface area contributed by atoms with Crippen LogP contribution in [0.4, 0.5) is 8.78 Å². The molecular formula is C11H12F2O3. The lowest BCUT2D eigenvalue weighted by Gasteiger charge is -2.12. The average Bonchev–Trinajstić information content (AvgIpc) is 2.23. The van der Waals surface area contributed by atoms with Crippen molar-refractivity contribution in [2.75, 3.05) is 7.11 Å². The Hall–Kier alpha value is -1.49. The second-order valence-corrected chi connectivity index (χ2v) is 3.42. The lowest BCUT2D eigenvalue weighted by Crippen LogP contribution is -2.26. The van der Waals surface area contributed by atoms with Gasteiger partial charge in [-0.3, -0.25) is 0 Å². The van der Waals surface area contributed by atoms with Gasteiger partial charge < -0.3 is 9.84 Å². The molecule has 0 spiro atoms. The highest BCUT2D eigenvalue weighted by Gasteiger charge is 2.22. The van der Waals surface area contributed by atoms with E-state index in [1.807, 2.05) is 0 Å². The Morgan fingerprint density at radius 3 is 2.62 bits per heavy atom. The van der Waals surface area contributed by atoms with Crippen molar-refractivity contribution >= 4 is 5.97 Å². The molecule has 88 valence electrons. The second kappa shape index (κ2) is 5.03. The molecule has 0 aromatic heterocycles. The molecule has 0 bridgehead atoms. The molecule has 3 nitrogen and oxygen atoms in total. The van der Waals surface area contributed by atoms with Gasteiger partial charge >= 0.3 is 5.97 Å². The molecule has 0 saturated carbocycles. The fraction of sp³-hybridized carbons (Fsp3) is 0.364. The number of hydrogen-bond acceptors (Lipinski definition) is 2. The molecule has 0 amide bonds. The van der Waals surface area contributed by atoms with Gasteiger partial charge in [0.25, 0.3) is 0 Å². The minimum absolute atomic E-state index is 0.255. The maximum Gasteiger partial charge on any atom is 0.333 e. The summed E-state index contributed by atoms with van der Waals surface area (Å²) in [5.41, 5.74) is 0.0193. The predicted molar refractivity (Wildman–Crippen MR) is 53.2 cm³/mol. The number of benzene rings is 1. The standard InChI is InChI=1S/C11H12F2O3/c1-6-3-4-8(12)7(10(6)13)5-9(16-2)11(14)15/h3-4,9H,5H2,1-2H3,(H,14,15). The maximum atomic E-state index is 13.5. The molecule has 1 unspecified atom stereocenters. The van der Waals surface area contributed by atoms with Gasteiger partial charge in [-0.1, -0.05) is 6.07 Å². The third kappa shape index (κ3) is 2.55. The van der Waals surface area contributed by atoms with Crippen molar-refractivity contribution in [1.82, 2.24) is 0 Å². The number of aliphatic carboxylic acids is 1. The monoisotopic (exact) mass is 230 g/mol. The smallest absolute Gasteiger partial charge is 0.333 e. The van der Waals surface area contributed by atoms with Crippen LogP contribution < -0.4 is 0 Å². The van der Waals surface area contributed by atoms with Crippen molar-refractivity contribution in [2.45, 2.75) is 19.4 Å². The number of carbonyl (C=O) groups is 1. The number of methoxy groups -OCH3 is 1. The average molecular weight is 230 g/mol. The SMILES string of the molecule is COC(Cc1c(F)ccc(C)c1F)C(=O)O. The topological polar surface area (TPSA) is 46.5 Å². The fourth-order valence-electron chi connectivity index (χ4n) is 1.36. The first-order valence-electron chi connectivity index (χ1n) is 4.66. The first-order valence-corrected chi connectivity index (χ1v) is 4.66. The highest BCUT2D eigenvalue weighted by molar-refractivity contribution is 5.72. The van der Waals surface area contributed by atoms with Crippen molar-refractivity contribution in [3.8, 4) is 0 Å². The van der Waals surface area contributed by atoms with Crippen molar-refractivity contribution in [2.24, 2.45) is 0 Å². The molecule has 0 fully saturated rings. The summed E-state index contributed by atoms with van der Waals surface area (Å²) in [6.45, 7) is 1.49. The third-order valence-electron chi connectivity index (χ3n) is 2.33. The van der Waals surface area contributed by atoms with Crippen LogP contribution in [0.3, 0.4) is 0 Å². The Balaban J connectivity index is 3.04. The normalized spacial score (nSPS) is 12.5. The molecule has 0 saturated heterocycles. The van der Waals surface area contributed by atoms with E-state index in [0.29, 0.717) is 0 Å². The zero-order chi connectivity index (χ0) is 12.3. The molecule has 16 heavy (non-hydrogen) atoms. The summed E-state index contributed by atoms with van der Waals surface area (Å²) in [5, 5.41) is 8.72. The minimum atomic E-state index is -1.25. The van der Waals surface area contributed by atoms with E-state index >= 15 is 0 Å².